The third kappa shape index (κ3) is 9.53. The van der Waals surface area contributed by atoms with Crippen LogP contribution in [-0.4, -0.2) is 39.0 Å². The van der Waals surface area contributed by atoms with E-state index in [-0.39, 0.29) is 18.8 Å². The van der Waals surface area contributed by atoms with E-state index in [0.29, 0.717) is 18.4 Å². The van der Waals surface area contributed by atoms with Crippen LogP contribution in [0.2, 0.25) is 0 Å². The van der Waals surface area contributed by atoms with Crippen molar-refractivity contribution in [1.29, 1.82) is 0 Å². The van der Waals surface area contributed by atoms with Crippen molar-refractivity contribution in [2.75, 3.05) is 6.61 Å². The maximum atomic E-state index is 13.7. The molecular formula is C34H38N2O5S. The molecule has 1 unspecified atom stereocenters. The average molecular weight is 587 g/mol. The fourth-order valence-corrected chi connectivity index (χ4v) is 6.27. The van der Waals surface area contributed by atoms with Crippen LogP contribution in [0.4, 0.5) is 0 Å². The number of carbonyl (C=O) groups excluding carboxylic acids is 2. The molecular weight excluding hydrogens is 548 g/mol. The second-order valence-electron chi connectivity index (χ2n) is 10.3. The molecule has 4 aromatic rings. The first-order chi connectivity index (χ1) is 20.3. The second kappa shape index (κ2) is 15.3. The number of hydrogen-bond donors (Lipinski definition) is 2. The molecule has 1 amide bonds. The Morgan fingerprint density at radius 2 is 1.38 bits per heavy atom. The number of aryl methyl sites for hydroxylation is 1. The van der Waals surface area contributed by atoms with Crippen LogP contribution in [0.15, 0.2) is 103 Å². The van der Waals surface area contributed by atoms with E-state index in [1.54, 1.807) is 31.2 Å². The number of fused-ring (bicyclic) bond motifs is 1. The van der Waals surface area contributed by atoms with Crippen LogP contribution in [0.5, 0.6) is 0 Å². The van der Waals surface area contributed by atoms with E-state index in [9.17, 15) is 18.0 Å². The summed E-state index contributed by atoms with van der Waals surface area (Å²) >= 11 is 0. The van der Waals surface area contributed by atoms with Gasteiger partial charge < -0.3 is 10.1 Å². The predicted octanol–water partition coefficient (Wildman–Crippen LogP) is 5.33. The monoisotopic (exact) mass is 586 g/mol. The number of rotatable bonds is 15. The minimum atomic E-state index is -3.89. The SMILES string of the molecule is CCOC(=O)C(CCCCc1ccccc1)NC(=O)[C@H](Cc1ccc2ccccc2c1)NS(=O)(=O)Cc1ccccc1. The molecule has 220 valence electrons. The number of carbonyl (C=O) groups is 2. The number of hydrogen-bond acceptors (Lipinski definition) is 5. The second-order valence-corrected chi connectivity index (χ2v) is 12.1. The Bertz CT molecular complexity index is 1560. The first-order valence-corrected chi connectivity index (χ1v) is 16.0. The van der Waals surface area contributed by atoms with Crippen LogP contribution in [0.1, 0.15) is 42.9 Å². The molecule has 0 aliphatic rings. The summed E-state index contributed by atoms with van der Waals surface area (Å²) in [4.78, 5) is 26.5. The normalized spacial score (nSPS) is 12.9. The van der Waals surface area contributed by atoms with E-state index in [2.05, 4.69) is 22.2 Å². The lowest BCUT2D eigenvalue weighted by atomic mass is 10.0. The van der Waals surface area contributed by atoms with Gasteiger partial charge in [-0.2, -0.15) is 0 Å². The van der Waals surface area contributed by atoms with Crippen LogP contribution in [-0.2, 0) is 42.9 Å². The summed E-state index contributed by atoms with van der Waals surface area (Å²) in [6.07, 6.45) is 2.88. The predicted molar refractivity (Wildman–Crippen MR) is 166 cm³/mol. The smallest absolute Gasteiger partial charge is 0.328 e. The molecule has 8 heteroatoms. The Kier molecular flexibility index (Phi) is 11.3. The zero-order valence-corrected chi connectivity index (χ0v) is 24.7. The van der Waals surface area contributed by atoms with Crippen molar-refractivity contribution in [2.24, 2.45) is 0 Å². The molecule has 0 radical (unpaired) electrons. The fourth-order valence-electron chi connectivity index (χ4n) is 4.93. The topological polar surface area (TPSA) is 102 Å². The summed E-state index contributed by atoms with van der Waals surface area (Å²) in [5.74, 6) is -1.36. The quantitative estimate of drug-likeness (QED) is 0.145. The van der Waals surface area contributed by atoms with E-state index in [4.69, 9.17) is 4.74 Å². The lowest BCUT2D eigenvalue weighted by molar-refractivity contribution is -0.147. The summed E-state index contributed by atoms with van der Waals surface area (Å²) in [5.41, 5.74) is 2.61. The highest BCUT2D eigenvalue weighted by Gasteiger charge is 2.29. The third-order valence-electron chi connectivity index (χ3n) is 7.03. The van der Waals surface area contributed by atoms with Crippen molar-refractivity contribution in [3.05, 3.63) is 120 Å². The van der Waals surface area contributed by atoms with E-state index >= 15 is 0 Å². The number of ether oxygens (including phenoxy) is 1. The van der Waals surface area contributed by atoms with E-state index in [1.807, 2.05) is 66.7 Å². The van der Waals surface area contributed by atoms with Gasteiger partial charge >= 0.3 is 5.97 Å². The summed E-state index contributed by atoms with van der Waals surface area (Å²) in [6.45, 7) is 1.89. The van der Waals surface area contributed by atoms with Gasteiger partial charge in [-0.1, -0.05) is 110 Å². The first kappa shape index (κ1) is 30.9. The standard InChI is InChI=1S/C34H38N2O5S/c1-2-41-34(38)31(20-12-9-15-26-13-5-3-6-14-26)35-33(37)32(36-42(39,40)25-27-16-7-4-8-17-27)24-28-21-22-29-18-10-11-19-30(29)23-28/h3-8,10-11,13-14,16-19,21-23,31-32,36H,2,9,12,15,20,24-25H2,1H3,(H,35,37)/t31?,32-/m0/s1. The van der Waals surface area contributed by atoms with Gasteiger partial charge in [0.05, 0.1) is 12.4 Å². The van der Waals surface area contributed by atoms with Crippen LogP contribution < -0.4 is 10.0 Å². The average Bonchev–Trinajstić information content (AvgIpc) is 2.99. The lowest BCUT2D eigenvalue weighted by Crippen LogP contribution is -2.52. The molecule has 0 saturated carbocycles. The molecule has 42 heavy (non-hydrogen) atoms. The Balaban J connectivity index is 1.50. The first-order valence-electron chi connectivity index (χ1n) is 14.4. The maximum Gasteiger partial charge on any atom is 0.328 e. The molecule has 0 aliphatic carbocycles. The van der Waals surface area contributed by atoms with Crippen molar-refractivity contribution in [1.82, 2.24) is 10.0 Å². The van der Waals surface area contributed by atoms with Gasteiger partial charge in [-0.15, -0.1) is 0 Å². The highest BCUT2D eigenvalue weighted by atomic mass is 32.2. The van der Waals surface area contributed by atoms with Crippen molar-refractivity contribution >= 4 is 32.7 Å². The molecule has 4 aromatic carbocycles. The van der Waals surface area contributed by atoms with Crippen molar-refractivity contribution in [3.8, 4) is 0 Å². The summed E-state index contributed by atoms with van der Waals surface area (Å²) in [6, 6.07) is 30.5. The highest BCUT2D eigenvalue weighted by Crippen LogP contribution is 2.18. The fraction of sp³-hybridized carbons (Fsp3) is 0.294. The van der Waals surface area contributed by atoms with Gasteiger partial charge in [0.25, 0.3) is 0 Å². The van der Waals surface area contributed by atoms with E-state index in [0.717, 1.165) is 29.2 Å². The Labute approximate surface area is 248 Å². The van der Waals surface area contributed by atoms with Crippen molar-refractivity contribution in [2.45, 2.75) is 56.9 Å². The molecule has 0 spiro atoms. The highest BCUT2D eigenvalue weighted by molar-refractivity contribution is 7.88. The zero-order chi connectivity index (χ0) is 29.8. The van der Waals surface area contributed by atoms with Gasteiger partial charge in [0.1, 0.15) is 12.1 Å². The lowest BCUT2D eigenvalue weighted by Gasteiger charge is -2.23. The van der Waals surface area contributed by atoms with Crippen LogP contribution in [0, 0.1) is 0 Å². The molecule has 0 fully saturated rings. The van der Waals surface area contributed by atoms with Gasteiger partial charge in [0, 0.05) is 0 Å². The molecule has 0 bridgehead atoms. The number of esters is 1. The molecule has 0 aliphatic heterocycles. The van der Waals surface area contributed by atoms with Crippen LogP contribution in [0.3, 0.4) is 0 Å². The molecule has 0 saturated heterocycles. The molecule has 0 heterocycles. The van der Waals surface area contributed by atoms with Crippen LogP contribution >= 0.6 is 0 Å². The maximum absolute atomic E-state index is 13.7. The van der Waals surface area contributed by atoms with Crippen molar-refractivity contribution < 1.29 is 22.7 Å². The largest absolute Gasteiger partial charge is 0.464 e. The number of sulfonamides is 1. The molecule has 2 atom stereocenters. The number of amides is 1. The van der Waals surface area contributed by atoms with Gasteiger partial charge in [-0.05, 0) is 60.1 Å². The number of unbranched alkanes of at least 4 members (excludes halogenated alkanes) is 1. The van der Waals surface area contributed by atoms with Crippen molar-refractivity contribution in [3.63, 3.8) is 0 Å². The summed E-state index contributed by atoms with van der Waals surface area (Å²) < 4.78 is 34.3. The van der Waals surface area contributed by atoms with E-state index in [1.165, 1.54) is 5.56 Å². The minimum absolute atomic E-state index is 0.119. The molecule has 7 nitrogen and oxygen atoms in total. The molecule has 4 rings (SSSR count). The van der Waals surface area contributed by atoms with Gasteiger partial charge in [0.2, 0.25) is 15.9 Å². The zero-order valence-electron chi connectivity index (χ0n) is 23.9. The Morgan fingerprint density at radius 1 is 0.738 bits per heavy atom. The van der Waals surface area contributed by atoms with Gasteiger partial charge in [-0.25, -0.2) is 17.9 Å². The minimum Gasteiger partial charge on any atom is -0.464 e. The molecule has 2 N–H and O–H groups in total. The Morgan fingerprint density at radius 3 is 2.07 bits per heavy atom. The Hall–Kier alpha value is -4.01. The number of benzene rings is 4. The van der Waals surface area contributed by atoms with Gasteiger partial charge in [-0.3, -0.25) is 4.79 Å². The summed E-state index contributed by atoms with van der Waals surface area (Å²) in [7, 11) is -3.89. The number of nitrogens with one attached hydrogen (secondary N) is 2. The van der Waals surface area contributed by atoms with Crippen LogP contribution in [0.25, 0.3) is 10.8 Å². The third-order valence-corrected chi connectivity index (χ3v) is 8.39. The van der Waals surface area contributed by atoms with E-state index < -0.39 is 34.0 Å². The summed E-state index contributed by atoms with van der Waals surface area (Å²) in [5, 5.41) is 4.84. The van der Waals surface area contributed by atoms with Gasteiger partial charge in [0.15, 0.2) is 0 Å². The molecule has 0 aromatic heterocycles.